The van der Waals surface area contributed by atoms with Crippen molar-refractivity contribution in [1.29, 1.82) is 0 Å². The van der Waals surface area contributed by atoms with Crippen molar-refractivity contribution in [2.75, 3.05) is 5.32 Å². The first-order chi connectivity index (χ1) is 11.4. The summed E-state index contributed by atoms with van der Waals surface area (Å²) in [4.78, 5) is 21.6. The third-order valence-electron chi connectivity index (χ3n) is 3.14. The average molecular weight is 350 g/mol. The maximum Gasteiger partial charge on any atom is 0.335 e. The van der Waals surface area contributed by atoms with Crippen LogP contribution >= 0.6 is 11.6 Å². The molecule has 24 heavy (non-hydrogen) atoms. The maximum atomic E-state index is 11.5. The molecule has 0 fully saturated rings. The molecule has 0 saturated carbocycles. The summed E-state index contributed by atoms with van der Waals surface area (Å²) in [7, 11) is 0. The zero-order valence-electron chi connectivity index (χ0n) is 11.5. The molecule has 0 aliphatic carbocycles. The molecule has 1 aromatic heterocycles. The molecule has 10 nitrogen and oxygen atoms in total. The van der Waals surface area contributed by atoms with E-state index in [-0.39, 0.29) is 27.4 Å². The molecule has 3 rings (SSSR count). The van der Waals surface area contributed by atoms with Crippen LogP contribution in [0.3, 0.4) is 0 Å². The van der Waals surface area contributed by atoms with Crippen LogP contribution < -0.4 is 10.4 Å². The molecule has 11 heteroatoms. The number of nitro groups is 1. The molecule has 3 aromatic rings. The minimum Gasteiger partial charge on any atom is -0.872 e. The van der Waals surface area contributed by atoms with Gasteiger partial charge in [-0.1, -0.05) is 23.4 Å². The highest BCUT2D eigenvalue weighted by Crippen LogP contribution is 2.38. The normalized spacial score (nSPS) is 10.7. The largest absolute Gasteiger partial charge is 0.872 e. The van der Waals surface area contributed by atoms with Crippen molar-refractivity contribution in [3.8, 4) is 5.75 Å². The van der Waals surface area contributed by atoms with Gasteiger partial charge >= 0.3 is 11.7 Å². The predicted molar refractivity (Wildman–Crippen MR) is 79.6 cm³/mol. The van der Waals surface area contributed by atoms with Crippen LogP contribution in [0.2, 0.25) is 5.02 Å². The monoisotopic (exact) mass is 349 g/mol. The summed E-state index contributed by atoms with van der Waals surface area (Å²) in [5.41, 5.74) is -0.953. The van der Waals surface area contributed by atoms with E-state index in [0.717, 1.165) is 12.1 Å². The number of carboxylic acids is 1. The molecule has 0 unspecified atom stereocenters. The van der Waals surface area contributed by atoms with Gasteiger partial charge in [0.15, 0.2) is 5.52 Å². The zero-order chi connectivity index (χ0) is 17.4. The predicted octanol–water partition coefficient (Wildman–Crippen LogP) is 2.30. The van der Waals surface area contributed by atoms with Crippen LogP contribution in [0.15, 0.2) is 28.9 Å². The Labute approximate surface area is 137 Å². The lowest BCUT2D eigenvalue weighted by Gasteiger charge is -2.13. The number of anilines is 2. The smallest absolute Gasteiger partial charge is 0.335 e. The Hall–Kier alpha value is -3.40. The van der Waals surface area contributed by atoms with Gasteiger partial charge in [-0.3, -0.25) is 10.1 Å². The molecule has 0 spiro atoms. The summed E-state index contributed by atoms with van der Waals surface area (Å²) in [6.07, 6.45) is 0. The van der Waals surface area contributed by atoms with Gasteiger partial charge in [-0.2, -0.15) is 0 Å². The van der Waals surface area contributed by atoms with Gasteiger partial charge in [0.25, 0.3) is 0 Å². The number of fused-ring (bicyclic) bond motifs is 1. The molecule has 0 amide bonds. The van der Waals surface area contributed by atoms with Crippen molar-refractivity contribution in [2.24, 2.45) is 0 Å². The number of aromatic nitrogens is 2. The lowest BCUT2D eigenvalue weighted by molar-refractivity contribution is -0.382. The second kappa shape index (κ2) is 5.66. The molecule has 2 aromatic carbocycles. The molecule has 0 saturated heterocycles. The highest BCUT2D eigenvalue weighted by molar-refractivity contribution is 6.35. The molecule has 2 N–H and O–H groups in total. The summed E-state index contributed by atoms with van der Waals surface area (Å²) >= 11 is 5.98. The van der Waals surface area contributed by atoms with E-state index in [2.05, 4.69) is 20.3 Å². The number of carboxylic acid groups (broad SMARTS) is 1. The van der Waals surface area contributed by atoms with E-state index >= 15 is 0 Å². The topological polar surface area (TPSA) is 154 Å². The molecule has 0 radical (unpaired) electrons. The lowest BCUT2D eigenvalue weighted by atomic mass is 10.1. The van der Waals surface area contributed by atoms with Crippen molar-refractivity contribution in [3.05, 3.63) is 45.0 Å². The van der Waals surface area contributed by atoms with Gasteiger partial charge in [0.05, 0.1) is 15.5 Å². The number of aromatic carboxylic acids is 1. The Balaban J connectivity index is 2.13. The van der Waals surface area contributed by atoms with Crippen molar-refractivity contribution in [3.63, 3.8) is 0 Å². The number of nitrogens with zero attached hydrogens (tertiary/aromatic N) is 3. The second-order valence-electron chi connectivity index (χ2n) is 4.61. The lowest BCUT2D eigenvalue weighted by Crippen LogP contribution is -2.05. The second-order valence-corrected chi connectivity index (χ2v) is 5.02. The minimum absolute atomic E-state index is 0.0232. The number of rotatable bonds is 4. The molecule has 0 aliphatic heterocycles. The van der Waals surface area contributed by atoms with Crippen LogP contribution in [0.5, 0.6) is 5.75 Å². The van der Waals surface area contributed by atoms with E-state index in [0.29, 0.717) is 0 Å². The fourth-order valence-electron chi connectivity index (χ4n) is 2.10. The first kappa shape index (κ1) is 15.5. The number of carbonyl (C=O) groups is 1. The van der Waals surface area contributed by atoms with Crippen molar-refractivity contribution >= 4 is 45.7 Å². The van der Waals surface area contributed by atoms with Crippen molar-refractivity contribution < 1.29 is 24.6 Å². The van der Waals surface area contributed by atoms with E-state index < -0.39 is 27.9 Å². The highest BCUT2D eigenvalue weighted by Gasteiger charge is 2.25. The number of hydrogen-bond donors (Lipinski definition) is 2. The van der Waals surface area contributed by atoms with Crippen LogP contribution in [-0.4, -0.2) is 26.3 Å². The number of nitro benzene ring substituents is 1. The fraction of sp³-hybridized carbons (Fsp3) is 0. The molecule has 1 heterocycles. The van der Waals surface area contributed by atoms with Gasteiger partial charge in [-0.05, 0) is 28.5 Å². The molecule has 0 atom stereocenters. The Kier molecular flexibility index (Phi) is 3.66. The third kappa shape index (κ3) is 2.54. The van der Waals surface area contributed by atoms with Gasteiger partial charge < -0.3 is 15.5 Å². The van der Waals surface area contributed by atoms with E-state index in [9.17, 15) is 20.0 Å². The first-order valence-corrected chi connectivity index (χ1v) is 6.67. The van der Waals surface area contributed by atoms with E-state index in [1.54, 1.807) is 0 Å². The Morgan fingerprint density at radius 2 is 2.00 bits per heavy atom. The van der Waals surface area contributed by atoms with E-state index in [4.69, 9.17) is 16.7 Å². The van der Waals surface area contributed by atoms with Gasteiger partial charge in [0.1, 0.15) is 5.69 Å². The molecule has 122 valence electrons. The molecular weight excluding hydrogens is 344 g/mol. The first-order valence-electron chi connectivity index (χ1n) is 6.29. The number of benzene rings is 2. The zero-order valence-corrected chi connectivity index (χ0v) is 12.3. The van der Waals surface area contributed by atoms with Crippen LogP contribution in [0.4, 0.5) is 17.1 Å². The van der Waals surface area contributed by atoms with Gasteiger partial charge in [0, 0.05) is 5.69 Å². The number of halogens is 1. The number of nitrogens with one attached hydrogen (secondary N) is 1. The quantitative estimate of drug-likeness (QED) is 0.533. The van der Waals surface area contributed by atoms with Gasteiger partial charge in [0.2, 0.25) is 5.52 Å². The Morgan fingerprint density at radius 1 is 1.29 bits per heavy atom. The SMILES string of the molecule is O=C(O)c1cc(Nc2cc(Cl)c3nonc3c2[N+](=O)[O-])ccc1[O-]. The third-order valence-corrected chi connectivity index (χ3v) is 3.42. The summed E-state index contributed by atoms with van der Waals surface area (Å²) < 4.78 is 4.47. The summed E-state index contributed by atoms with van der Waals surface area (Å²) in [6, 6.07) is 4.62. The number of hydrogen-bond acceptors (Lipinski definition) is 8. The van der Waals surface area contributed by atoms with Crippen molar-refractivity contribution in [2.45, 2.75) is 0 Å². The summed E-state index contributed by atoms with van der Waals surface area (Å²) in [5, 5.41) is 41.4. The Bertz CT molecular complexity index is 986. The van der Waals surface area contributed by atoms with Gasteiger partial charge in [-0.15, -0.1) is 0 Å². The average Bonchev–Trinajstić information content (AvgIpc) is 2.98. The molecule has 0 bridgehead atoms. The van der Waals surface area contributed by atoms with E-state index in [1.165, 1.54) is 12.1 Å². The summed E-state index contributed by atoms with van der Waals surface area (Å²) in [5.74, 6) is -2.09. The highest BCUT2D eigenvalue weighted by atomic mass is 35.5. The van der Waals surface area contributed by atoms with E-state index in [1.807, 2.05) is 0 Å². The maximum absolute atomic E-state index is 11.5. The van der Waals surface area contributed by atoms with Crippen LogP contribution in [0, 0.1) is 10.1 Å². The molecular formula is C13H6ClN4O6-. The summed E-state index contributed by atoms with van der Waals surface area (Å²) in [6.45, 7) is 0. The standard InChI is InChI=1S/C13H7ClN4O6/c14-7-4-8(12(18(22)23)11-10(7)16-24-17-11)15-5-1-2-9(19)6(3-5)13(20)21/h1-4,15,19H,(H,20,21)/p-1. The van der Waals surface area contributed by atoms with Gasteiger partial charge in [-0.25, -0.2) is 9.42 Å². The fourth-order valence-corrected chi connectivity index (χ4v) is 2.34. The van der Waals surface area contributed by atoms with Crippen molar-refractivity contribution in [1.82, 2.24) is 10.3 Å². The van der Waals surface area contributed by atoms with Crippen LogP contribution in [0.25, 0.3) is 11.0 Å². The Morgan fingerprint density at radius 3 is 2.67 bits per heavy atom. The minimum atomic E-state index is -1.41. The van der Waals surface area contributed by atoms with Crippen LogP contribution in [-0.2, 0) is 0 Å². The molecule has 0 aliphatic rings. The van der Waals surface area contributed by atoms with Crippen LogP contribution in [0.1, 0.15) is 10.4 Å².